The molecule has 0 spiro atoms. The average Bonchev–Trinajstić information content (AvgIpc) is 3.39. The van der Waals surface area contributed by atoms with Crippen molar-refractivity contribution in [2.45, 2.75) is 45.1 Å². The third-order valence-corrected chi connectivity index (χ3v) is 5.29. The lowest BCUT2D eigenvalue weighted by atomic mass is 9.93. The van der Waals surface area contributed by atoms with E-state index in [0.717, 1.165) is 43.0 Å². The lowest BCUT2D eigenvalue weighted by Crippen LogP contribution is -2.39. The second-order valence-corrected chi connectivity index (χ2v) is 8.38. The molecule has 1 aliphatic heterocycles. The number of likely N-dealkylation sites (tertiary alicyclic amines) is 1. The van der Waals surface area contributed by atoms with Gasteiger partial charge in [0.25, 0.3) is 5.91 Å². The van der Waals surface area contributed by atoms with E-state index in [9.17, 15) is 4.79 Å². The first-order valence-electron chi connectivity index (χ1n) is 9.73. The summed E-state index contributed by atoms with van der Waals surface area (Å²) in [6.45, 7) is 7.86. The molecule has 28 heavy (non-hydrogen) atoms. The zero-order valence-electron chi connectivity index (χ0n) is 16.6. The molecule has 1 N–H and O–H groups in total. The van der Waals surface area contributed by atoms with Gasteiger partial charge in [0.15, 0.2) is 0 Å². The first-order valence-corrected chi connectivity index (χ1v) is 9.73. The van der Waals surface area contributed by atoms with Crippen LogP contribution in [0.25, 0.3) is 11.4 Å². The minimum absolute atomic E-state index is 0.00602. The van der Waals surface area contributed by atoms with Crippen molar-refractivity contribution in [3.8, 4) is 11.4 Å². The molecule has 0 bridgehead atoms. The standard InChI is InChI=1S/C21H26N6O/c1-21(2,3)18-14-27(25-24-18)17-7-11-26(12-8-17)20(28)16-6-4-5-15(13-16)19-22-9-10-23-19/h4-6,9-10,13-14,17H,7-8,11-12H2,1-3H3,(H,22,23). The number of aromatic nitrogens is 5. The van der Waals surface area contributed by atoms with Crippen molar-refractivity contribution in [2.75, 3.05) is 13.1 Å². The van der Waals surface area contributed by atoms with Crippen molar-refractivity contribution in [3.05, 3.63) is 54.1 Å². The van der Waals surface area contributed by atoms with Gasteiger partial charge in [-0.3, -0.25) is 4.79 Å². The fourth-order valence-electron chi connectivity index (χ4n) is 3.54. The van der Waals surface area contributed by atoms with Crippen LogP contribution in [-0.4, -0.2) is 48.9 Å². The highest BCUT2D eigenvalue weighted by Gasteiger charge is 2.27. The molecule has 2 aromatic heterocycles. The Bertz CT molecular complexity index is 945. The molecule has 7 heteroatoms. The summed E-state index contributed by atoms with van der Waals surface area (Å²) in [5.74, 6) is 0.843. The van der Waals surface area contributed by atoms with E-state index >= 15 is 0 Å². The highest BCUT2D eigenvalue weighted by molar-refractivity contribution is 5.95. The Morgan fingerprint density at radius 2 is 2.00 bits per heavy atom. The topological polar surface area (TPSA) is 79.7 Å². The predicted molar refractivity (Wildman–Crippen MR) is 107 cm³/mol. The molecule has 3 heterocycles. The van der Waals surface area contributed by atoms with Crippen molar-refractivity contribution in [3.63, 3.8) is 0 Å². The van der Waals surface area contributed by atoms with Gasteiger partial charge in [0.2, 0.25) is 0 Å². The molecule has 0 radical (unpaired) electrons. The van der Waals surface area contributed by atoms with Crippen molar-refractivity contribution in [1.29, 1.82) is 0 Å². The van der Waals surface area contributed by atoms with E-state index in [0.29, 0.717) is 11.6 Å². The molecule has 4 rings (SSSR count). The Labute approximate surface area is 164 Å². The number of aromatic amines is 1. The van der Waals surface area contributed by atoms with Gasteiger partial charge in [-0.05, 0) is 25.0 Å². The van der Waals surface area contributed by atoms with E-state index in [1.807, 2.05) is 33.8 Å². The number of H-pyrrole nitrogens is 1. The van der Waals surface area contributed by atoms with Crippen molar-refractivity contribution >= 4 is 5.91 Å². The molecule has 1 amide bonds. The van der Waals surface area contributed by atoms with Crippen LogP contribution in [0.15, 0.2) is 42.9 Å². The van der Waals surface area contributed by atoms with Gasteiger partial charge in [0.05, 0.1) is 11.7 Å². The van der Waals surface area contributed by atoms with Crippen molar-refractivity contribution in [2.24, 2.45) is 0 Å². The van der Waals surface area contributed by atoms with Gasteiger partial charge in [-0.15, -0.1) is 5.10 Å². The molecular formula is C21H26N6O. The van der Waals surface area contributed by atoms with E-state index in [1.54, 1.807) is 12.4 Å². The van der Waals surface area contributed by atoms with Gasteiger partial charge in [-0.2, -0.15) is 0 Å². The van der Waals surface area contributed by atoms with Crippen LogP contribution in [0.4, 0.5) is 0 Å². The summed E-state index contributed by atoms with van der Waals surface area (Å²) in [6.07, 6.45) is 7.32. The normalized spacial score (nSPS) is 15.8. The molecule has 1 aromatic carbocycles. The summed E-state index contributed by atoms with van der Waals surface area (Å²) in [7, 11) is 0. The van der Waals surface area contributed by atoms with E-state index in [-0.39, 0.29) is 11.3 Å². The van der Waals surface area contributed by atoms with Crippen LogP contribution >= 0.6 is 0 Å². The number of benzene rings is 1. The second kappa shape index (κ2) is 7.22. The van der Waals surface area contributed by atoms with E-state index in [2.05, 4.69) is 47.2 Å². The second-order valence-electron chi connectivity index (χ2n) is 8.38. The maximum Gasteiger partial charge on any atom is 0.253 e. The number of carbonyl (C=O) groups excluding carboxylic acids is 1. The molecule has 7 nitrogen and oxygen atoms in total. The predicted octanol–water partition coefficient (Wildman–Crippen LogP) is 3.44. The van der Waals surface area contributed by atoms with Crippen molar-refractivity contribution < 1.29 is 4.79 Å². The number of nitrogens with one attached hydrogen (secondary N) is 1. The number of hydrogen-bond donors (Lipinski definition) is 1. The average molecular weight is 378 g/mol. The zero-order chi connectivity index (χ0) is 19.7. The monoisotopic (exact) mass is 378 g/mol. The van der Waals surface area contributed by atoms with Crippen molar-refractivity contribution in [1.82, 2.24) is 29.9 Å². The minimum atomic E-state index is -0.00602. The van der Waals surface area contributed by atoms with Crippen LogP contribution in [0, 0.1) is 0 Å². The van der Waals surface area contributed by atoms with Crippen LogP contribution in [0.2, 0.25) is 0 Å². The van der Waals surface area contributed by atoms with Crippen LogP contribution in [0.5, 0.6) is 0 Å². The fourth-order valence-corrected chi connectivity index (χ4v) is 3.54. The number of amides is 1. The summed E-state index contributed by atoms with van der Waals surface area (Å²) >= 11 is 0. The SMILES string of the molecule is CC(C)(C)c1cn(C2CCN(C(=O)c3cccc(-c4ncc[nH]4)c3)CC2)nn1. The Hall–Kier alpha value is -2.96. The number of carbonyl (C=O) groups is 1. The van der Waals surface area contributed by atoms with Crippen LogP contribution in [0.3, 0.4) is 0 Å². The van der Waals surface area contributed by atoms with Crippen LogP contribution in [-0.2, 0) is 5.41 Å². The molecule has 0 atom stereocenters. The van der Waals surface area contributed by atoms with Gasteiger partial charge in [-0.25, -0.2) is 9.67 Å². The van der Waals surface area contributed by atoms with Gasteiger partial charge < -0.3 is 9.88 Å². The third kappa shape index (κ3) is 3.69. The molecule has 0 saturated carbocycles. The smallest absolute Gasteiger partial charge is 0.253 e. The number of imidazole rings is 1. The first kappa shape index (κ1) is 18.4. The molecule has 0 aliphatic carbocycles. The Morgan fingerprint density at radius 1 is 1.21 bits per heavy atom. The molecule has 1 aliphatic rings. The minimum Gasteiger partial charge on any atom is -0.345 e. The molecule has 1 saturated heterocycles. The van der Waals surface area contributed by atoms with Gasteiger partial charge in [0.1, 0.15) is 5.82 Å². The Morgan fingerprint density at radius 3 is 2.64 bits per heavy atom. The lowest BCUT2D eigenvalue weighted by molar-refractivity contribution is 0.0689. The first-order chi connectivity index (χ1) is 13.4. The third-order valence-electron chi connectivity index (χ3n) is 5.29. The van der Waals surface area contributed by atoms with E-state index in [1.165, 1.54) is 0 Å². The molecule has 1 fully saturated rings. The van der Waals surface area contributed by atoms with Crippen LogP contribution in [0.1, 0.15) is 55.7 Å². The number of piperidine rings is 1. The quantitative estimate of drug-likeness (QED) is 0.757. The fraction of sp³-hybridized carbons (Fsp3) is 0.429. The number of hydrogen-bond acceptors (Lipinski definition) is 4. The molecular weight excluding hydrogens is 352 g/mol. The maximum atomic E-state index is 13.0. The van der Waals surface area contributed by atoms with E-state index < -0.39 is 0 Å². The summed E-state index contributed by atoms with van der Waals surface area (Å²) < 4.78 is 1.97. The molecule has 3 aromatic rings. The number of nitrogens with zero attached hydrogens (tertiary/aromatic N) is 5. The Kier molecular flexibility index (Phi) is 4.75. The molecule has 146 valence electrons. The highest BCUT2D eigenvalue weighted by Crippen LogP contribution is 2.26. The zero-order valence-corrected chi connectivity index (χ0v) is 16.6. The summed E-state index contributed by atoms with van der Waals surface area (Å²) in [5, 5.41) is 8.65. The van der Waals surface area contributed by atoms with Gasteiger partial charge >= 0.3 is 0 Å². The van der Waals surface area contributed by atoms with E-state index in [4.69, 9.17) is 0 Å². The van der Waals surface area contributed by atoms with Gasteiger partial charge in [0, 0.05) is 48.2 Å². The highest BCUT2D eigenvalue weighted by atomic mass is 16.2. The summed E-state index contributed by atoms with van der Waals surface area (Å²) in [4.78, 5) is 22.2. The maximum absolute atomic E-state index is 13.0. The number of rotatable bonds is 3. The van der Waals surface area contributed by atoms with Crippen LogP contribution < -0.4 is 0 Å². The molecule has 0 unspecified atom stereocenters. The summed E-state index contributed by atoms with van der Waals surface area (Å²) in [6, 6.07) is 7.93. The van der Waals surface area contributed by atoms with Gasteiger partial charge in [-0.1, -0.05) is 38.1 Å². The summed E-state index contributed by atoms with van der Waals surface area (Å²) in [5.41, 5.74) is 2.61. The largest absolute Gasteiger partial charge is 0.345 e. The lowest BCUT2D eigenvalue weighted by Gasteiger charge is -2.32. The Balaban J connectivity index is 1.42.